The zero-order valence-electron chi connectivity index (χ0n) is 37.3. The lowest BCUT2D eigenvalue weighted by atomic mass is 9.93. The van der Waals surface area contributed by atoms with Gasteiger partial charge in [-0.25, -0.2) is 0 Å². The Bertz CT molecular complexity index is 951. The molecule has 2 fully saturated rings. The predicted molar refractivity (Wildman–Crippen MR) is 230 cm³/mol. The number of nitrogens with zero attached hydrogens (tertiary/aromatic N) is 1. The van der Waals surface area contributed by atoms with Crippen molar-refractivity contribution in [1.82, 2.24) is 4.90 Å². The molecule has 0 radical (unpaired) electrons. The van der Waals surface area contributed by atoms with Crippen molar-refractivity contribution in [1.29, 1.82) is 0 Å². The van der Waals surface area contributed by atoms with E-state index in [1.54, 1.807) is 0 Å². The third kappa shape index (κ3) is 22.5. The molecule has 2 rings (SSSR count). The van der Waals surface area contributed by atoms with Crippen molar-refractivity contribution in [3.05, 3.63) is 0 Å². The molecule has 0 bridgehead atoms. The summed E-state index contributed by atoms with van der Waals surface area (Å²) in [4.78, 5) is 43.5. The van der Waals surface area contributed by atoms with E-state index in [1.807, 2.05) is 0 Å². The van der Waals surface area contributed by atoms with E-state index in [-0.39, 0.29) is 48.9 Å². The van der Waals surface area contributed by atoms with Crippen LogP contribution < -0.4 is 0 Å². The van der Waals surface area contributed by atoms with Crippen LogP contribution in [-0.4, -0.2) is 74.5 Å². The minimum absolute atomic E-state index is 0.00432. The Morgan fingerprint density at radius 2 is 0.929 bits per heavy atom. The van der Waals surface area contributed by atoms with E-state index in [1.165, 1.54) is 103 Å². The second kappa shape index (κ2) is 33.2. The fourth-order valence-electron chi connectivity index (χ4n) is 8.49. The number of ether oxygens (including phenoxy) is 4. The van der Waals surface area contributed by atoms with Gasteiger partial charge in [-0.2, -0.15) is 0 Å². The highest BCUT2D eigenvalue weighted by atomic mass is 16.6. The van der Waals surface area contributed by atoms with Gasteiger partial charge in [0.05, 0.1) is 24.4 Å². The first-order chi connectivity index (χ1) is 27.3. The number of piperidine rings is 1. The largest absolute Gasteiger partial charge is 0.463 e. The molecular formula is C48H89NO7. The first kappa shape index (κ1) is 50.5. The average molecular weight is 792 g/mol. The molecule has 0 spiro atoms. The normalized spacial score (nSPS) is 19.2. The van der Waals surface area contributed by atoms with Crippen molar-refractivity contribution in [3.63, 3.8) is 0 Å². The monoisotopic (exact) mass is 792 g/mol. The summed E-state index contributed by atoms with van der Waals surface area (Å²) in [6.07, 6.45) is 31.0. The van der Waals surface area contributed by atoms with Crippen LogP contribution in [-0.2, 0) is 33.3 Å². The second-order valence-corrected chi connectivity index (χ2v) is 17.6. The van der Waals surface area contributed by atoms with Crippen molar-refractivity contribution in [2.75, 3.05) is 33.4 Å². The molecule has 8 nitrogen and oxygen atoms in total. The molecule has 0 N–H and O–H groups in total. The van der Waals surface area contributed by atoms with Crippen LogP contribution >= 0.6 is 0 Å². The van der Waals surface area contributed by atoms with Gasteiger partial charge in [0.1, 0.15) is 12.7 Å². The second-order valence-electron chi connectivity index (χ2n) is 17.6. The van der Waals surface area contributed by atoms with E-state index in [4.69, 9.17) is 18.9 Å². The minimum Gasteiger partial charge on any atom is -0.463 e. The predicted octanol–water partition coefficient (Wildman–Crippen LogP) is 12.3. The molecule has 56 heavy (non-hydrogen) atoms. The zero-order valence-corrected chi connectivity index (χ0v) is 37.3. The maximum atomic E-state index is 14.1. The van der Waals surface area contributed by atoms with Gasteiger partial charge in [0.2, 0.25) is 0 Å². The Morgan fingerprint density at radius 3 is 1.34 bits per heavy atom. The molecule has 2 aliphatic heterocycles. The third-order valence-electron chi connectivity index (χ3n) is 12.5. The third-order valence-corrected chi connectivity index (χ3v) is 12.5. The summed E-state index contributed by atoms with van der Waals surface area (Å²) in [5.74, 6) is -1.12. The van der Waals surface area contributed by atoms with Gasteiger partial charge < -0.3 is 23.8 Å². The van der Waals surface area contributed by atoms with E-state index in [9.17, 15) is 14.4 Å². The molecule has 0 saturated carbocycles. The number of likely N-dealkylation sites (tertiary alicyclic amines) is 1. The van der Waals surface area contributed by atoms with Crippen LogP contribution in [0.3, 0.4) is 0 Å². The molecule has 3 atom stereocenters. The molecule has 328 valence electrons. The smallest absolute Gasteiger partial charge is 0.309 e. The fraction of sp³-hybridized carbons (Fsp3) is 0.938. The summed E-state index contributed by atoms with van der Waals surface area (Å²) in [5, 5.41) is 0. The molecule has 2 saturated heterocycles. The van der Waals surface area contributed by atoms with Gasteiger partial charge in [0.15, 0.2) is 12.2 Å². The maximum absolute atomic E-state index is 14.1. The van der Waals surface area contributed by atoms with E-state index in [0.29, 0.717) is 0 Å². The van der Waals surface area contributed by atoms with Gasteiger partial charge in [-0.05, 0) is 58.7 Å². The van der Waals surface area contributed by atoms with Gasteiger partial charge >= 0.3 is 17.9 Å². The number of unbranched alkanes of at least 4 members (excludes halogenated alkanes) is 20. The van der Waals surface area contributed by atoms with Crippen LogP contribution in [0.1, 0.15) is 220 Å². The highest BCUT2D eigenvalue weighted by Gasteiger charge is 2.45. The van der Waals surface area contributed by atoms with E-state index >= 15 is 0 Å². The van der Waals surface area contributed by atoms with Gasteiger partial charge in [0, 0.05) is 0 Å². The Morgan fingerprint density at radius 1 is 0.554 bits per heavy atom. The van der Waals surface area contributed by atoms with Crippen LogP contribution in [0.5, 0.6) is 0 Å². The molecule has 0 unspecified atom stereocenters. The van der Waals surface area contributed by atoms with E-state index < -0.39 is 18.3 Å². The highest BCUT2D eigenvalue weighted by Crippen LogP contribution is 2.29. The first-order valence-corrected chi connectivity index (χ1v) is 24.2. The molecule has 2 heterocycles. The van der Waals surface area contributed by atoms with E-state index in [0.717, 1.165) is 103 Å². The fourth-order valence-corrected chi connectivity index (χ4v) is 8.49. The topological polar surface area (TPSA) is 91.4 Å². The van der Waals surface area contributed by atoms with Crippen molar-refractivity contribution < 1.29 is 33.3 Å². The van der Waals surface area contributed by atoms with Crippen LogP contribution in [0.2, 0.25) is 0 Å². The lowest BCUT2D eigenvalue weighted by molar-refractivity contribution is -0.174. The Kier molecular flexibility index (Phi) is 29.9. The molecule has 8 heteroatoms. The van der Waals surface area contributed by atoms with Crippen molar-refractivity contribution in [2.24, 2.45) is 17.8 Å². The number of rotatable bonds is 35. The SMILES string of the molecule is CCCCCCCCC(CCCCCCCC)C(=O)O[C@@H]1[C@@H](OC(=O)C(CCCCCCCC)CCCCCCCC)CO[C@@H]1COC(=O)C1CCN(C)CC1. The number of hydrogen-bond acceptors (Lipinski definition) is 8. The molecule has 0 aromatic heterocycles. The number of esters is 3. The van der Waals surface area contributed by atoms with Crippen molar-refractivity contribution in [2.45, 2.75) is 239 Å². The van der Waals surface area contributed by atoms with Crippen LogP contribution in [0, 0.1) is 17.8 Å². The molecule has 0 aromatic carbocycles. The average Bonchev–Trinajstić information content (AvgIpc) is 3.57. The molecule has 0 amide bonds. The van der Waals surface area contributed by atoms with Gasteiger partial charge in [-0.15, -0.1) is 0 Å². The summed E-state index contributed by atoms with van der Waals surface area (Å²) in [6.45, 7) is 10.8. The van der Waals surface area contributed by atoms with Gasteiger partial charge in [-0.3, -0.25) is 14.4 Å². The Balaban J connectivity index is 2.16. The van der Waals surface area contributed by atoms with Gasteiger partial charge in [0.25, 0.3) is 0 Å². The van der Waals surface area contributed by atoms with Crippen LogP contribution in [0.4, 0.5) is 0 Å². The summed E-state index contributed by atoms with van der Waals surface area (Å²) < 4.78 is 24.8. The maximum Gasteiger partial charge on any atom is 0.309 e. The summed E-state index contributed by atoms with van der Waals surface area (Å²) in [6, 6.07) is 0. The van der Waals surface area contributed by atoms with Crippen molar-refractivity contribution >= 4 is 17.9 Å². The van der Waals surface area contributed by atoms with Crippen molar-refractivity contribution in [3.8, 4) is 0 Å². The minimum atomic E-state index is -0.794. The number of hydrogen-bond donors (Lipinski definition) is 0. The summed E-state index contributed by atoms with van der Waals surface area (Å²) in [7, 11) is 2.08. The Hall–Kier alpha value is -1.67. The lowest BCUT2D eigenvalue weighted by Crippen LogP contribution is -2.43. The molecule has 0 aromatic rings. The molecule has 0 aliphatic carbocycles. The summed E-state index contributed by atoms with van der Waals surface area (Å²) >= 11 is 0. The number of carbonyl (C=O) groups excluding carboxylic acids is 3. The van der Waals surface area contributed by atoms with Crippen LogP contribution in [0.15, 0.2) is 0 Å². The first-order valence-electron chi connectivity index (χ1n) is 24.2. The number of carbonyl (C=O) groups is 3. The standard InChI is InChI=1S/C48H89NO7/c1-6-10-14-18-22-26-30-40(31-27-23-19-15-11-7-2)47(51)55-44-39-53-43(38-54-46(50)42-34-36-49(5)37-35-42)45(44)56-48(52)41(32-28-24-20-16-12-8-3)33-29-25-21-17-13-9-4/h40-45H,6-39H2,1-5H3/t43-,44+,45+/m1/s1. The molecule has 2 aliphatic rings. The lowest BCUT2D eigenvalue weighted by Gasteiger charge is -2.29. The van der Waals surface area contributed by atoms with Crippen LogP contribution in [0.25, 0.3) is 0 Å². The zero-order chi connectivity index (χ0) is 40.6. The molecular weight excluding hydrogens is 703 g/mol. The Labute approximate surface area is 345 Å². The van der Waals surface area contributed by atoms with Gasteiger partial charge in [-0.1, -0.05) is 182 Å². The highest BCUT2D eigenvalue weighted by molar-refractivity contribution is 5.74. The quantitative estimate of drug-likeness (QED) is 0.0356. The van der Waals surface area contributed by atoms with E-state index in [2.05, 4.69) is 39.6 Å². The summed E-state index contributed by atoms with van der Waals surface area (Å²) in [5.41, 5.74) is 0.